The number of nitrogens with one attached hydrogen (secondary N) is 1. The molecule has 2 heteroatoms. The van der Waals surface area contributed by atoms with Crippen molar-refractivity contribution >= 4 is 11.4 Å². The first-order chi connectivity index (χ1) is 12.5. The molecule has 0 aliphatic carbocycles. The molecule has 0 saturated heterocycles. The van der Waals surface area contributed by atoms with Crippen LogP contribution in [0, 0.1) is 5.41 Å². The Hall–Kier alpha value is -3.13. The maximum absolute atomic E-state index is 7.65. The summed E-state index contributed by atoms with van der Waals surface area (Å²) in [5.74, 6) is 0. The lowest BCUT2D eigenvalue weighted by atomic mass is 10.00. The van der Waals surface area contributed by atoms with E-state index in [1.54, 1.807) is 6.92 Å². The number of nitrogens with zero attached hydrogens (tertiary/aromatic N) is 1. The molecule has 130 valence electrons. The first-order valence-electron chi connectivity index (χ1n) is 8.78. The molecule has 2 nitrogen and oxygen atoms in total. The van der Waals surface area contributed by atoms with Gasteiger partial charge in [0.2, 0.25) is 0 Å². The molecule has 3 rings (SSSR count). The van der Waals surface area contributed by atoms with E-state index in [2.05, 4.69) is 77.7 Å². The van der Waals surface area contributed by atoms with Crippen LogP contribution in [0.1, 0.15) is 13.8 Å². The molecule has 0 amide bonds. The molecule has 0 aromatic heterocycles. The van der Waals surface area contributed by atoms with E-state index >= 15 is 0 Å². The number of rotatable bonds is 5. The fraction of sp³-hybridized carbons (Fsp3) is 0.125. The van der Waals surface area contributed by atoms with Gasteiger partial charge in [-0.1, -0.05) is 66.7 Å². The van der Waals surface area contributed by atoms with Crippen molar-refractivity contribution in [2.75, 3.05) is 11.9 Å². The van der Waals surface area contributed by atoms with Crippen LogP contribution in [0.5, 0.6) is 0 Å². The summed E-state index contributed by atoms with van der Waals surface area (Å²) in [5.41, 5.74) is 7.57. The zero-order valence-corrected chi connectivity index (χ0v) is 15.5. The molecular weight excluding hydrogens is 316 g/mol. The summed E-state index contributed by atoms with van der Waals surface area (Å²) in [7, 11) is 2.03. The van der Waals surface area contributed by atoms with Gasteiger partial charge in [0.15, 0.2) is 0 Å². The van der Waals surface area contributed by atoms with Gasteiger partial charge >= 0.3 is 0 Å². The quantitative estimate of drug-likeness (QED) is 0.535. The molecular formula is C24H24N2. The average Bonchev–Trinajstić information content (AvgIpc) is 2.68. The Morgan fingerprint density at radius 3 is 1.88 bits per heavy atom. The SMILES string of the molecule is CC(=N)/C=C(/C)N(C)c1cccc(-c2ccc(-c3ccccc3)cc2)c1. The molecule has 0 aliphatic heterocycles. The normalized spacial score (nSPS) is 11.3. The smallest absolute Gasteiger partial charge is 0.0411 e. The third kappa shape index (κ3) is 4.09. The molecule has 0 bridgehead atoms. The van der Waals surface area contributed by atoms with Gasteiger partial charge in [0, 0.05) is 24.1 Å². The number of benzene rings is 3. The minimum absolute atomic E-state index is 0.557. The monoisotopic (exact) mass is 340 g/mol. The highest BCUT2D eigenvalue weighted by molar-refractivity contribution is 5.91. The van der Waals surface area contributed by atoms with Crippen molar-refractivity contribution in [1.82, 2.24) is 0 Å². The molecule has 0 atom stereocenters. The fourth-order valence-corrected chi connectivity index (χ4v) is 2.99. The molecule has 0 radical (unpaired) electrons. The van der Waals surface area contributed by atoms with Gasteiger partial charge < -0.3 is 10.3 Å². The first kappa shape index (κ1) is 17.7. The van der Waals surface area contributed by atoms with Crippen LogP contribution in [-0.4, -0.2) is 12.8 Å². The molecule has 0 heterocycles. The Kier molecular flexibility index (Phi) is 5.33. The van der Waals surface area contributed by atoms with Gasteiger partial charge in [-0.15, -0.1) is 0 Å². The standard InChI is InChI=1S/C24H24N2/c1-18(25)16-19(2)26(3)24-11-7-10-23(17-24)22-14-12-21(13-15-22)20-8-5-4-6-9-20/h4-17,25H,1-3H3/b19-16-,25-18?. The van der Waals surface area contributed by atoms with Crippen LogP contribution < -0.4 is 4.90 Å². The predicted molar refractivity (Wildman–Crippen MR) is 113 cm³/mol. The molecule has 3 aromatic rings. The number of anilines is 1. The average molecular weight is 340 g/mol. The second-order valence-electron chi connectivity index (χ2n) is 6.52. The van der Waals surface area contributed by atoms with Gasteiger partial charge in [-0.2, -0.15) is 0 Å². The summed E-state index contributed by atoms with van der Waals surface area (Å²) in [6, 6.07) is 27.6. The number of allylic oxidation sites excluding steroid dienone is 2. The Morgan fingerprint density at radius 2 is 1.27 bits per heavy atom. The molecule has 0 fully saturated rings. The van der Waals surface area contributed by atoms with E-state index in [9.17, 15) is 0 Å². The molecule has 0 aliphatic rings. The number of hydrogen-bond donors (Lipinski definition) is 1. The van der Waals surface area contributed by atoms with Gasteiger partial charge in [-0.3, -0.25) is 0 Å². The fourth-order valence-electron chi connectivity index (χ4n) is 2.99. The zero-order valence-electron chi connectivity index (χ0n) is 15.5. The maximum Gasteiger partial charge on any atom is 0.0411 e. The minimum atomic E-state index is 0.557. The van der Waals surface area contributed by atoms with Crippen LogP contribution >= 0.6 is 0 Å². The van der Waals surface area contributed by atoms with E-state index in [0.717, 1.165) is 11.4 Å². The third-order valence-corrected chi connectivity index (χ3v) is 4.51. The van der Waals surface area contributed by atoms with E-state index in [0.29, 0.717) is 5.71 Å². The lowest BCUT2D eigenvalue weighted by molar-refractivity contribution is 1.09. The lowest BCUT2D eigenvalue weighted by Crippen LogP contribution is -2.15. The molecule has 26 heavy (non-hydrogen) atoms. The van der Waals surface area contributed by atoms with Crippen LogP contribution in [0.3, 0.4) is 0 Å². The van der Waals surface area contributed by atoms with E-state index in [4.69, 9.17) is 5.41 Å². The molecule has 0 unspecified atom stereocenters. The van der Waals surface area contributed by atoms with Gasteiger partial charge in [-0.05, 0) is 54.3 Å². The van der Waals surface area contributed by atoms with Crippen LogP contribution in [0.25, 0.3) is 22.3 Å². The van der Waals surface area contributed by atoms with Gasteiger partial charge in [0.25, 0.3) is 0 Å². The van der Waals surface area contributed by atoms with Crippen molar-refractivity contribution in [3.05, 3.63) is 90.6 Å². The second-order valence-corrected chi connectivity index (χ2v) is 6.52. The van der Waals surface area contributed by atoms with Crippen LogP contribution in [0.2, 0.25) is 0 Å². The van der Waals surface area contributed by atoms with Crippen molar-refractivity contribution in [2.24, 2.45) is 0 Å². The molecule has 1 N–H and O–H groups in total. The van der Waals surface area contributed by atoms with Crippen molar-refractivity contribution in [3.63, 3.8) is 0 Å². The van der Waals surface area contributed by atoms with Crippen molar-refractivity contribution in [3.8, 4) is 22.3 Å². The Labute approximate surface area is 155 Å². The van der Waals surface area contributed by atoms with Crippen molar-refractivity contribution in [2.45, 2.75) is 13.8 Å². The summed E-state index contributed by atoms with van der Waals surface area (Å²) in [5, 5.41) is 7.65. The summed E-state index contributed by atoms with van der Waals surface area (Å²) in [6.07, 6.45) is 1.88. The Bertz CT molecular complexity index is 922. The lowest BCUT2D eigenvalue weighted by Gasteiger charge is -2.21. The van der Waals surface area contributed by atoms with E-state index in [-0.39, 0.29) is 0 Å². The predicted octanol–water partition coefficient (Wildman–Crippen LogP) is 6.40. The molecule has 0 spiro atoms. The van der Waals surface area contributed by atoms with Crippen LogP contribution in [-0.2, 0) is 0 Å². The van der Waals surface area contributed by atoms with E-state index in [1.807, 2.05) is 26.1 Å². The summed E-state index contributed by atoms with van der Waals surface area (Å²) < 4.78 is 0. The minimum Gasteiger partial charge on any atom is -0.348 e. The topological polar surface area (TPSA) is 27.1 Å². The summed E-state index contributed by atoms with van der Waals surface area (Å²) in [6.45, 7) is 3.82. The van der Waals surface area contributed by atoms with Gasteiger partial charge in [-0.25, -0.2) is 0 Å². The van der Waals surface area contributed by atoms with Gasteiger partial charge in [0.05, 0.1) is 0 Å². The highest BCUT2D eigenvalue weighted by Gasteiger charge is 2.06. The summed E-state index contributed by atoms with van der Waals surface area (Å²) in [4.78, 5) is 2.11. The third-order valence-electron chi connectivity index (χ3n) is 4.51. The van der Waals surface area contributed by atoms with E-state index in [1.165, 1.54) is 22.3 Å². The summed E-state index contributed by atoms with van der Waals surface area (Å²) >= 11 is 0. The van der Waals surface area contributed by atoms with E-state index < -0.39 is 0 Å². The molecule has 3 aromatic carbocycles. The Balaban J connectivity index is 1.87. The number of hydrogen-bond acceptors (Lipinski definition) is 2. The second kappa shape index (κ2) is 7.83. The van der Waals surface area contributed by atoms with Crippen LogP contribution in [0.4, 0.5) is 5.69 Å². The highest BCUT2D eigenvalue weighted by atomic mass is 15.1. The largest absolute Gasteiger partial charge is 0.348 e. The van der Waals surface area contributed by atoms with Crippen molar-refractivity contribution in [1.29, 1.82) is 5.41 Å². The molecule has 0 saturated carbocycles. The zero-order chi connectivity index (χ0) is 18.5. The Morgan fingerprint density at radius 1 is 0.731 bits per heavy atom. The van der Waals surface area contributed by atoms with Crippen LogP contribution in [0.15, 0.2) is 90.6 Å². The highest BCUT2D eigenvalue weighted by Crippen LogP contribution is 2.28. The maximum atomic E-state index is 7.65. The first-order valence-corrected chi connectivity index (χ1v) is 8.78. The van der Waals surface area contributed by atoms with Crippen molar-refractivity contribution < 1.29 is 0 Å². The van der Waals surface area contributed by atoms with Gasteiger partial charge in [0.1, 0.15) is 0 Å².